The van der Waals surface area contributed by atoms with Gasteiger partial charge in [-0.3, -0.25) is 14.2 Å². The molecule has 6 nitrogen and oxygen atoms in total. The van der Waals surface area contributed by atoms with Crippen LogP contribution in [0.2, 0.25) is 0 Å². The minimum Gasteiger partial charge on any atom is -0.481 e. The highest BCUT2D eigenvalue weighted by molar-refractivity contribution is 7.53. The Balaban J connectivity index is 2.79. The maximum absolute atomic E-state index is 12.3. The second-order valence-corrected chi connectivity index (χ2v) is 6.77. The van der Waals surface area contributed by atoms with E-state index in [-0.39, 0.29) is 24.5 Å². The van der Waals surface area contributed by atoms with Crippen molar-refractivity contribution in [2.75, 3.05) is 19.6 Å². The second kappa shape index (κ2) is 9.12. The van der Waals surface area contributed by atoms with E-state index in [0.717, 1.165) is 6.07 Å². The van der Waals surface area contributed by atoms with Gasteiger partial charge in [0.1, 0.15) is 5.75 Å². The maximum atomic E-state index is 12.3. The summed E-state index contributed by atoms with van der Waals surface area (Å²) in [5.41, 5.74) is -0.127. The van der Waals surface area contributed by atoms with Crippen LogP contribution in [0.25, 0.3) is 0 Å². The molecule has 0 amide bonds. The van der Waals surface area contributed by atoms with Crippen molar-refractivity contribution in [1.82, 2.24) is 0 Å². The number of benzene rings is 1. The molecule has 0 radical (unpaired) electrons. The zero-order valence-corrected chi connectivity index (χ0v) is 14.6. The van der Waals surface area contributed by atoms with Gasteiger partial charge >= 0.3 is 13.8 Å². The fourth-order valence-corrected chi connectivity index (χ4v) is 3.08. The van der Waals surface area contributed by atoms with E-state index < -0.39 is 38.1 Å². The van der Waals surface area contributed by atoms with Crippen molar-refractivity contribution >= 4 is 19.2 Å². The Morgan fingerprint density at radius 3 is 2.24 bits per heavy atom. The van der Waals surface area contributed by atoms with Gasteiger partial charge in [0.15, 0.2) is 12.1 Å². The van der Waals surface area contributed by atoms with E-state index in [0.29, 0.717) is 0 Å². The third-order valence-corrected chi connectivity index (χ3v) is 4.58. The molecule has 1 aromatic carbocycles. The number of ketones is 2. The smallest absolute Gasteiger partial charge is 0.450 e. The topological polar surface area (TPSA) is 78.9 Å². The lowest BCUT2D eigenvalue weighted by atomic mass is 10.1. The van der Waals surface area contributed by atoms with Gasteiger partial charge in [-0.05, 0) is 26.0 Å². The van der Waals surface area contributed by atoms with Crippen molar-refractivity contribution in [3.8, 4) is 5.75 Å². The molecule has 0 saturated heterocycles. The SMILES string of the molecule is CCOP(=O)(COc1cccc(C(=O)CC(=O)C(F)(F)F)c1)OCC. The second-order valence-electron chi connectivity index (χ2n) is 4.77. The molecule has 10 heteroatoms. The number of rotatable bonds is 10. The largest absolute Gasteiger partial charge is 0.481 e. The van der Waals surface area contributed by atoms with Gasteiger partial charge in [0.2, 0.25) is 5.78 Å². The lowest BCUT2D eigenvalue weighted by Gasteiger charge is -2.17. The lowest BCUT2D eigenvalue weighted by Crippen LogP contribution is -2.25. The molecule has 0 aliphatic heterocycles. The number of hydrogen-bond donors (Lipinski definition) is 0. The van der Waals surface area contributed by atoms with Crippen LogP contribution >= 0.6 is 7.60 Å². The van der Waals surface area contributed by atoms with Crippen molar-refractivity contribution in [3.05, 3.63) is 29.8 Å². The summed E-state index contributed by atoms with van der Waals surface area (Å²) >= 11 is 0. The van der Waals surface area contributed by atoms with Crippen molar-refractivity contribution in [1.29, 1.82) is 0 Å². The number of carbonyl (C=O) groups excluding carboxylic acids is 2. The van der Waals surface area contributed by atoms with Crippen LogP contribution in [0.4, 0.5) is 13.2 Å². The molecule has 0 aliphatic rings. The number of ether oxygens (including phenoxy) is 1. The van der Waals surface area contributed by atoms with Crippen molar-refractivity contribution in [3.63, 3.8) is 0 Å². The zero-order chi connectivity index (χ0) is 19.1. The first-order valence-electron chi connectivity index (χ1n) is 7.35. The zero-order valence-electron chi connectivity index (χ0n) is 13.7. The average molecular weight is 382 g/mol. The molecule has 0 fully saturated rings. The van der Waals surface area contributed by atoms with Crippen LogP contribution < -0.4 is 4.74 Å². The van der Waals surface area contributed by atoms with E-state index in [1.165, 1.54) is 18.2 Å². The molecule has 0 N–H and O–H groups in total. The first-order valence-corrected chi connectivity index (χ1v) is 9.08. The van der Waals surface area contributed by atoms with Crippen LogP contribution in [-0.4, -0.2) is 37.3 Å². The number of carbonyl (C=O) groups is 2. The van der Waals surface area contributed by atoms with Gasteiger partial charge in [0, 0.05) is 5.56 Å². The van der Waals surface area contributed by atoms with Gasteiger partial charge in [0.05, 0.1) is 19.6 Å². The maximum Gasteiger partial charge on any atom is 0.450 e. The Labute approximate surface area is 142 Å². The third-order valence-electron chi connectivity index (χ3n) is 2.83. The molecule has 0 saturated carbocycles. The molecule has 1 aromatic rings. The summed E-state index contributed by atoms with van der Waals surface area (Å²) in [6.45, 7) is 3.53. The standard InChI is InChI=1S/C15H18F3O6P/c1-3-23-25(21,24-4-2)10-22-12-7-5-6-11(8-12)13(19)9-14(20)15(16,17)18/h5-8H,3-4,9-10H2,1-2H3. The van der Waals surface area contributed by atoms with Crippen LogP contribution in [-0.2, 0) is 18.4 Å². The monoisotopic (exact) mass is 382 g/mol. The van der Waals surface area contributed by atoms with E-state index >= 15 is 0 Å². The summed E-state index contributed by atoms with van der Waals surface area (Å²) < 4.78 is 64.2. The Kier molecular flexibility index (Phi) is 7.79. The number of Topliss-reactive ketones (excluding diaryl/α,β-unsaturated/α-hetero) is 2. The highest BCUT2D eigenvalue weighted by atomic mass is 31.2. The van der Waals surface area contributed by atoms with E-state index in [2.05, 4.69) is 0 Å². The molecule has 0 spiro atoms. The van der Waals surface area contributed by atoms with E-state index in [4.69, 9.17) is 13.8 Å². The first kappa shape index (κ1) is 21.3. The van der Waals surface area contributed by atoms with Gasteiger partial charge in [-0.25, -0.2) is 0 Å². The molecular weight excluding hydrogens is 364 g/mol. The molecule has 0 bridgehead atoms. The fourth-order valence-electron chi connectivity index (χ4n) is 1.77. The molecule has 1 rings (SSSR count). The summed E-state index contributed by atoms with van der Waals surface area (Å²) in [6, 6.07) is 5.20. The normalized spacial score (nSPS) is 12.0. The average Bonchev–Trinajstić information content (AvgIpc) is 2.53. The number of halogens is 3. The minimum absolute atomic E-state index is 0.0879. The van der Waals surface area contributed by atoms with Gasteiger partial charge in [-0.2, -0.15) is 13.2 Å². The third kappa shape index (κ3) is 6.97. The molecule has 0 aliphatic carbocycles. The molecule has 25 heavy (non-hydrogen) atoms. The van der Waals surface area contributed by atoms with Crippen LogP contribution in [0.3, 0.4) is 0 Å². The summed E-state index contributed by atoms with van der Waals surface area (Å²) in [6.07, 6.45) is -6.78. The van der Waals surface area contributed by atoms with Crippen LogP contribution in [0.15, 0.2) is 24.3 Å². The Hall–Kier alpha value is -1.70. The Morgan fingerprint density at radius 2 is 1.72 bits per heavy atom. The lowest BCUT2D eigenvalue weighted by molar-refractivity contribution is -0.170. The highest BCUT2D eigenvalue weighted by Gasteiger charge is 2.39. The summed E-state index contributed by atoms with van der Waals surface area (Å²) in [5.74, 6) is -3.03. The minimum atomic E-state index is -5.06. The fraction of sp³-hybridized carbons (Fsp3) is 0.467. The van der Waals surface area contributed by atoms with Crippen molar-refractivity contribution < 1.29 is 41.1 Å². The van der Waals surface area contributed by atoms with Crippen LogP contribution in [0, 0.1) is 0 Å². The first-order chi connectivity index (χ1) is 11.6. The van der Waals surface area contributed by atoms with E-state index in [9.17, 15) is 27.3 Å². The van der Waals surface area contributed by atoms with E-state index in [1.807, 2.05) is 0 Å². The predicted octanol–water partition coefficient (Wildman–Crippen LogP) is 3.99. The molecular formula is C15H18F3O6P. The molecule has 0 atom stereocenters. The molecule has 0 heterocycles. The summed E-state index contributed by atoms with van der Waals surface area (Å²) in [4.78, 5) is 22.7. The number of alkyl halides is 3. The molecule has 140 valence electrons. The predicted molar refractivity (Wildman–Crippen MR) is 82.8 cm³/mol. The molecule has 0 unspecified atom stereocenters. The summed E-state index contributed by atoms with van der Waals surface area (Å²) in [5, 5.41) is 0. The van der Waals surface area contributed by atoms with Gasteiger partial charge in [-0.1, -0.05) is 12.1 Å². The van der Waals surface area contributed by atoms with Crippen molar-refractivity contribution in [2.24, 2.45) is 0 Å². The highest BCUT2D eigenvalue weighted by Crippen LogP contribution is 2.47. The van der Waals surface area contributed by atoms with Crippen LogP contribution in [0.5, 0.6) is 5.75 Å². The van der Waals surface area contributed by atoms with Gasteiger partial charge in [-0.15, -0.1) is 0 Å². The van der Waals surface area contributed by atoms with Crippen molar-refractivity contribution in [2.45, 2.75) is 26.4 Å². The van der Waals surface area contributed by atoms with E-state index in [1.54, 1.807) is 13.8 Å². The quantitative estimate of drug-likeness (QED) is 0.346. The van der Waals surface area contributed by atoms with Gasteiger partial charge in [0.25, 0.3) is 0 Å². The van der Waals surface area contributed by atoms with Crippen LogP contribution in [0.1, 0.15) is 30.6 Å². The Bertz CT molecular complexity index is 649. The summed E-state index contributed by atoms with van der Waals surface area (Å²) in [7, 11) is -3.48. The number of hydrogen-bond acceptors (Lipinski definition) is 6. The molecule has 0 aromatic heterocycles. The Morgan fingerprint density at radius 1 is 1.12 bits per heavy atom. The van der Waals surface area contributed by atoms with Gasteiger partial charge < -0.3 is 13.8 Å².